The van der Waals surface area contributed by atoms with E-state index in [-0.39, 0.29) is 17.2 Å². The summed E-state index contributed by atoms with van der Waals surface area (Å²) >= 11 is 0. The number of nitrogens with zero attached hydrogens (tertiary/aromatic N) is 2. The smallest absolute Gasteiger partial charge is 0.250 e. The number of amides is 2. The molecule has 1 aliphatic carbocycles. The van der Waals surface area contributed by atoms with Gasteiger partial charge in [0.2, 0.25) is 5.91 Å². The summed E-state index contributed by atoms with van der Waals surface area (Å²) in [6.45, 7) is 0. The van der Waals surface area contributed by atoms with Crippen LogP contribution in [0, 0.1) is 5.41 Å². The topological polar surface area (TPSA) is 40.6 Å². The van der Waals surface area contributed by atoms with Crippen molar-refractivity contribution in [1.29, 1.82) is 0 Å². The molecule has 16 heavy (non-hydrogen) atoms. The normalized spacial score (nSPS) is 25.6. The Hall–Kier alpha value is -0.900. The van der Waals surface area contributed by atoms with Crippen LogP contribution in [-0.4, -0.2) is 35.9 Å². The van der Waals surface area contributed by atoms with Gasteiger partial charge in [0.25, 0.3) is 5.91 Å². The molecule has 90 valence electrons. The van der Waals surface area contributed by atoms with E-state index in [4.69, 9.17) is 0 Å². The lowest BCUT2D eigenvalue weighted by Gasteiger charge is -2.27. The predicted octanol–water partition coefficient (Wildman–Crippen LogP) is 1.56. The fourth-order valence-electron chi connectivity index (χ4n) is 2.98. The second-order valence-electron chi connectivity index (χ2n) is 5.23. The van der Waals surface area contributed by atoms with Crippen LogP contribution in [0.5, 0.6) is 0 Å². The van der Waals surface area contributed by atoms with Crippen molar-refractivity contribution >= 4 is 11.8 Å². The Bertz CT molecular complexity index is 304. The van der Waals surface area contributed by atoms with E-state index in [2.05, 4.69) is 0 Å². The standard InChI is InChI=1S/C12H20N2O2/c1-13(2)14-10(15)9-12(11(14)16)7-5-3-4-6-8-12/h3-9H2,1-2H3. The molecule has 2 amide bonds. The molecule has 0 aromatic heterocycles. The summed E-state index contributed by atoms with van der Waals surface area (Å²) in [4.78, 5) is 24.2. The molecule has 0 aromatic carbocycles. The number of hydrogen-bond donors (Lipinski definition) is 0. The highest BCUT2D eigenvalue weighted by atomic mass is 16.2. The van der Waals surface area contributed by atoms with Gasteiger partial charge in [-0.2, -0.15) is 0 Å². The van der Waals surface area contributed by atoms with Crippen LogP contribution in [0.1, 0.15) is 44.9 Å². The Balaban J connectivity index is 2.23. The van der Waals surface area contributed by atoms with E-state index in [1.54, 1.807) is 19.1 Å². The minimum atomic E-state index is -0.363. The Morgan fingerprint density at radius 3 is 2.06 bits per heavy atom. The van der Waals surface area contributed by atoms with E-state index in [9.17, 15) is 9.59 Å². The van der Waals surface area contributed by atoms with E-state index in [0.29, 0.717) is 6.42 Å². The molecule has 1 spiro atoms. The summed E-state index contributed by atoms with van der Waals surface area (Å²) in [7, 11) is 3.51. The minimum Gasteiger partial charge on any atom is -0.273 e. The predicted molar refractivity (Wildman–Crippen MR) is 60.3 cm³/mol. The molecule has 1 heterocycles. The lowest BCUT2D eigenvalue weighted by molar-refractivity contribution is -0.156. The van der Waals surface area contributed by atoms with Crippen molar-refractivity contribution < 1.29 is 9.59 Å². The van der Waals surface area contributed by atoms with Crippen LogP contribution in [-0.2, 0) is 9.59 Å². The Labute approximate surface area is 96.6 Å². The minimum absolute atomic E-state index is 0.0306. The van der Waals surface area contributed by atoms with Crippen LogP contribution >= 0.6 is 0 Å². The number of rotatable bonds is 1. The van der Waals surface area contributed by atoms with Crippen LogP contribution in [0.25, 0.3) is 0 Å². The van der Waals surface area contributed by atoms with Gasteiger partial charge in [-0.25, -0.2) is 10.0 Å². The quantitative estimate of drug-likeness (QED) is 0.635. The van der Waals surface area contributed by atoms with Crippen molar-refractivity contribution in [2.24, 2.45) is 5.41 Å². The molecule has 0 radical (unpaired) electrons. The van der Waals surface area contributed by atoms with Gasteiger partial charge < -0.3 is 0 Å². The van der Waals surface area contributed by atoms with Gasteiger partial charge in [0.05, 0.1) is 5.41 Å². The maximum Gasteiger partial charge on any atom is 0.250 e. The third kappa shape index (κ3) is 1.75. The summed E-state index contributed by atoms with van der Waals surface area (Å²) in [5.74, 6) is 0.00120. The van der Waals surface area contributed by atoms with E-state index >= 15 is 0 Å². The van der Waals surface area contributed by atoms with Crippen LogP contribution in [0.4, 0.5) is 0 Å². The van der Waals surface area contributed by atoms with Gasteiger partial charge in [-0.15, -0.1) is 0 Å². The van der Waals surface area contributed by atoms with Crippen LogP contribution in [0.15, 0.2) is 0 Å². The van der Waals surface area contributed by atoms with Gasteiger partial charge in [-0.1, -0.05) is 25.7 Å². The lowest BCUT2D eigenvalue weighted by Crippen LogP contribution is -2.44. The number of hydrogen-bond acceptors (Lipinski definition) is 3. The van der Waals surface area contributed by atoms with Gasteiger partial charge in [0.1, 0.15) is 0 Å². The first-order chi connectivity index (χ1) is 7.57. The van der Waals surface area contributed by atoms with E-state index in [1.165, 1.54) is 17.9 Å². The van der Waals surface area contributed by atoms with Crippen molar-refractivity contribution in [1.82, 2.24) is 10.0 Å². The monoisotopic (exact) mass is 224 g/mol. The molecule has 4 nitrogen and oxygen atoms in total. The van der Waals surface area contributed by atoms with E-state index < -0.39 is 0 Å². The molecule has 1 saturated carbocycles. The largest absolute Gasteiger partial charge is 0.273 e. The van der Waals surface area contributed by atoms with Crippen molar-refractivity contribution in [3.8, 4) is 0 Å². The average molecular weight is 224 g/mol. The molecule has 0 unspecified atom stereocenters. The van der Waals surface area contributed by atoms with Gasteiger partial charge in [-0.05, 0) is 12.8 Å². The highest BCUT2D eigenvalue weighted by molar-refractivity contribution is 6.05. The SMILES string of the molecule is CN(C)N1C(=O)CC2(CCCCCC2)C1=O. The number of carbonyl (C=O) groups is 2. The zero-order valence-corrected chi connectivity index (χ0v) is 10.2. The Morgan fingerprint density at radius 2 is 1.62 bits per heavy atom. The number of carbonyl (C=O) groups excluding carboxylic acids is 2. The number of imide groups is 1. The summed E-state index contributed by atoms with van der Waals surface area (Å²) in [5, 5.41) is 2.94. The fraction of sp³-hybridized carbons (Fsp3) is 0.833. The summed E-state index contributed by atoms with van der Waals surface area (Å²) in [6, 6.07) is 0. The van der Waals surface area contributed by atoms with E-state index in [1.807, 2.05) is 0 Å². The van der Waals surface area contributed by atoms with Crippen molar-refractivity contribution in [3.63, 3.8) is 0 Å². The van der Waals surface area contributed by atoms with Crippen LogP contribution < -0.4 is 0 Å². The molecule has 0 aromatic rings. The molecule has 1 aliphatic heterocycles. The zero-order chi connectivity index (χ0) is 11.8. The molecule has 0 atom stereocenters. The van der Waals surface area contributed by atoms with Gasteiger partial charge >= 0.3 is 0 Å². The molecule has 1 saturated heterocycles. The first-order valence-corrected chi connectivity index (χ1v) is 6.11. The van der Waals surface area contributed by atoms with E-state index in [0.717, 1.165) is 25.7 Å². The summed E-state index contributed by atoms with van der Waals surface area (Å²) in [6.07, 6.45) is 6.77. The average Bonchev–Trinajstić information content (AvgIpc) is 2.40. The highest BCUT2D eigenvalue weighted by Crippen LogP contribution is 2.44. The Kier molecular flexibility index (Phi) is 3.02. The highest BCUT2D eigenvalue weighted by Gasteiger charge is 2.51. The van der Waals surface area contributed by atoms with Gasteiger partial charge in [0, 0.05) is 20.5 Å². The molecule has 2 aliphatic rings. The second kappa shape index (κ2) is 4.17. The molecule has 4 heteroatoms. The number of hydrazine groups is 1. The third-order valence-electron chi connectivity index (χ3n) is 3.83. The molecule has 0 N–H and O–H groups in total. The maximum absolute atomic E-state index is 12.4. The first kappa shape index (κ1) is 11.6. The van der Waals surface area contributed by atoms with Crippen molar-refractivity contribution in [3.05, 3.63) is 0 Å². The molecule has 2 fully saturated rings. The first-order valence-electron chi connectivity index (χ1n) is 6.11. The third-order valence-corrected chi connectivity index (χ3v) is 3.83. The second-order valence-corrected chi connectivity index (χ2v) is 5.23. The summed E-state index contributed by atoms with van der Waals surface area (Å²) in [5.41, 5.74) is -0.363. The fourth-order valence-corrected chi connectivity index (χ4v) is 2.98. The molecular formula is C12H20N2O2. The zero-order valence-electron chi connectivity index (χ0n) is 10.2. The Morgan fingerprint density at radius 1 is 1.06 bits per heavy atom. The molecule has 0 bridgehead atoms. The summed E-state index contributed by atoms with van der Waals surface area (Å²) < 4.78 is 0. The molecule has 2 rings (SSSR count). The van der Waals surface area contributed by atoms with Crippen LogP contribution in [0.2, 0.25) is 0 Å². The van der Waals surface area contributed by atoms with Crippen LogP contribution in [0.3, 0.4) is 0 Å². The maximum atomic E-state index is 12.4. The van der Waals surface area contributed by atoms with Crippen molar-refractivity contribution in [2.45, 2.75) is 44.9 Å². The lowest BCUT2D eigenvalue weighted by atomic mass is 9.79. The molecular weight excluding hydrogens is 204 g/mol. The van der Waals surface area contributed by atoms with Crippen molar-refractivity contribution in [2.75, 3.05) is 14.1 Å². The van der Waals surface area contributed by atoms with Gasteiger partial charge in [0.15, 0.2) is 0 Å². The van der Waals surface area contributed by atoms with Gasteiger partial charge in [-0.3, -0.25) is 9.59 Å².